The summed E-state index contributed by atoms with van der Waals surface area (Å²) in [7, 11) is -3.58. The molecule has 2 aromatic carbocycles. The lowest BCUT2D eigenvalue weighted by Gasteiger charge is -2.33. The average Bonchev–Trinajstić information content (AvgIpc) is 2.85. The van der Waals surface area contributed by atoms with E-state index in [0.29, 0.717) is 31.1 Å². The number of fused-ring (bicyclic) bond motifs is 1. The molecule has 1 fully saturated rings. The number of hydrogen-bond donors (Lipinski definition) is 0. The molecule has 3 aromatic rings. The van der Waals surface area contributed by atoms with Gasteiger partial charge in [0.2, 0.25) is 10.0 Å². The molecule has 0 aliphatic carbocycles. The molecule has 2 heterocycles. The molecule has 1 aromatic heterocycles. The maximum Gasteiger partial charge on any atom is 0.243 e. The molecule has 0 radical (unpaired) electrons. The molecule has 174 valence electrons. The van der Waals surface area contributed by atoms with Gasteiger partial charge >= 0.3 is 0 Å². The monoisotopic (exact) mass is 465 g/mol. The van der Waals surface area contributed by atoms with Crippen LogP contribution in [0, 0.1) is 0 Å². The second-order valence-electron chi connectivity index (χ2n) is 8.07. The minimum absolute atomic E-state index is 0.302. The van der Waals surface area contributed by atoms with E-state index in [1.807, 2.05) is 18.2 Å². The molecule has 0 atom stereocenters. The van der Waals surface area contributed by atoms with E-state index >= 15 is 0 Å². The molecule has 0 spiro atoms. The van der Waals surface area contributed by atoms with Crippen LogP contribution in [-0.4, -0.2) is 73.4 Å². The summed E-state index contributed by atoms with van der Waals surface area (Å²) in [5, 5.41) is 0.770. The maximum atomic E-state index is 13.4. The van der Waals surface area contributed by atoms with Crippen molar-refractivity contribution in [3.63, 3.8) is 0 Å². The number of piperazine rings is 1. The van der Waals surface area contributed by atoms with Gasteiger partial charge in [0.15, 0.2) is 0 Å². The van der Waals surface area contributed by atoms with Crippen molar-refractivity contribution in [3.05, 3.63) is 66.5 Å². The third-order valence-corrected chi connectivity index (χ3v) is 7.99. The predicted octanol–water partition coefficient (Wildman–Crippen LogP) is 3.50. The fourth-order valence-corrected chi connectivity index (χ4v) is 5.61. The highest BCUT2D eigenvalue weighted by molar-refractivity contribution is 7.89. The topological polar surface area (TPSA) is 69.6 Å². The van der Waals surface area contributed by atoms with Crippen LogP contribution in [0.4, 0.5) is 5.82 Å². The van der Waals surface area contributed by atoms with Crippen LogP contribution in [0.2, 0.25) is 0 Å². The standard InChI is InChI=1S/C25H31N5O2S/c1-3-29(4-2)25-23-19-22(12-13-24(23)26-20-27-25)33(31,32)30-17-15-28(16-18-30)14-8-11-21-9-6-5-7-10-21/h5-13,19-20H,3-4,14-18H2,1-2H3/b11-8+. The van der Waals surface area contributed by atoms with Gasteiger partial charge in [0.05, 0.1) is 10.4 Å². The molecule has 0 unspecified atom stereocenters. The Hall–Kier alpha value is -2.81. The Balaban J connectivity index is 1.46. The lowest BCUT2D eigenvalue weighted by Crippen LogP contribution is -2.48. The van der Waals surface area contributed by atoms with Crippen LogP contribution < -0.4 is 4.90 Å². The predicted molar refractivity (Wildman–Crippen MR) is 134 cm³/mol. The number of anilines is 1. The lowest BCUT2D eigenvalue weighted by molar-refractivity contribution is 0.204. The first kappa shape index (κ1) is 23.4. The molecule has 1 saturated heterocycles. The lowest BCUT2D eigenvalue weighted by atomic mass is 10.2. The molecule has 0 amide bonds. The van der Waals surface area contributed by atoms with E-state index in [1.54, 1.807) is 22.5 Å². The molecular formula is C25H31N5O2S. The first-order valence-corrected chi connectivity index (χ1v) is 12.9. The highest BCUT2D eigenvalue weighted by atomic mass is 32.2. The highest BCUT2D eigenvalue weighted by Gasteiger charge is 2.28. The van der Waals surface area contributed by atoms with Crippen LogP contribution >= 0.6 is 0 Å². The van der Waals surface area contributed by atoms with Gasteiger partial charge in [-0.3, -0.25) is 4.90 Å². The summed E-state index contributed by atoms with van der Waals surface area (Å²) in [5.41, 5.74) is 1.92. The summed E-state index contributed by atoms with van der Waals surface area (Å²) in [6.45, 7) is 8.89. The molecule has 0 saturated carbocycles. The van der Waals surface area contributed by atoms with Crippen molar-refractivity contribution in [2.24, 2.45) is 0 Å². The fourth-order valence-electron chi connectivity index (χ4n) is 4.16. The van der Waals surface area contributed by atoms with Gasteiger partial charge in [-0.25, -0.2) is 18.4 Å². The van der Waals surface area contributed by atoms with E-state index in [2.05, 4.69) is 57.9 Å². The van der Waals surface area contributed by atoms with Crippen molar-refractivity contribution < 1.29 is 8.42 Å². The van der Waals surface area contributed by atoms with E-state index < -0.39 is 10.0 Å². The normalized spacial score (nSPS) is 15.9. The van der Waals surface area contributed by atoms with Gasteiger partial charge in [-0.1, -0.05) is 42.5 Å². The summed E-state index contributed by atoms with van der Waals surface area (Å²) in [6, 6.07) is 15.4. The molecular weight excluding hydrogens is 434 g/mol. The van der Waals surface area contributed by atoms with Crippen molar-refractivity contribution >= 4 is 32.8 Å². The Kier molecular flexibility index (Phi) is 7.37. The average molecular weight is 466 g/mol. The SMILES string of the molecule is CCN(CC)c1ncnc2ccc(S(=O)(=O)N3CCN(C/C=C/c4ccccc4)CC3)cc12. The van der Waals surface area contributed by atoms with Crippen LogP contribution in [0.25, 0.3) is 17.0 Å². The summed E-state index contributed by atoms with van der Waals surface area (Å²) in [4.78, 5) is 13.5. The van der Waals surface area contributed by atoms with Crippen molar-refractivity contribution in [3.8, 4) is 0 Å². The second-order valence-corrected chi connectivity index (χ2v) is 10.0. The summed E-state index contributed by atoms with van der Waals surface area (Å²) in [5.74, 6) is 0.775. The highest BCUT2D eigenvalue weighted by Crippen LogP contribution is 2.27. The van der Waals surface area contributed by atoms with E-state index in [4.69, 9.17) is 0 Å². The van der Waals surface area contributed by atoms with Gasteiger partial charge in [-0.15, -0.1) is 0 Å². The summed E-state index contributed by atoms with van der Waals surface area (Å²) < 4.78 is 28.4. The quantitative estimate of drug-likeness (QED) is 0.507. The molecule has 8 heteroatoms. The van der Waals surface area contributed by atoms with Crippen LogP contribution in [0.5, 0.6) is 0 Å². The van der Waals surface area contributed by atoms with Crippen LogP contribution in [0.1, 0.15) is 19.4 Å². The summed E-state index contributed by atoms with van der Waals surface area (Å²) >= 11 is 0. The first-order valence-electron chi connectivity index (χ1n) is 11.5. The van der Waals surface area contributed by atoms with Gasteiger partial charge in [0.1, 0.15) is 12.1 Å². The molecule has 7 nitrogen and oxygen atoms in total. The third-order valence-electron chi connectivity index (χ3n) is 6.09. The van der Waals surface area contributed by atoms with Gasteiger partial charge in [0, 0.05) is 51.2 Å². The Morgan fingerprint density at radius 2 is 1.70 bits per heavy atom. The molecule has 1 aliphatic rings. The van der Waals surface area contributed by atoms with Crippen molar-refractivity contribution in [2.75, 3.05) is 50.7 Å². The Labute approximate surface area is 196 Å². The van der Waals surface area contributed by atoms with Crippen LogP contribution in [0.3, 0.4) is 0 Å². The third kappa shape index (κ3) is 5.24. The van der Waals surface area contributed by atoms with E-state index in [1.165, 1.54) is 11.9 Å². The first-order chi connectivity index (χ1) is 16.0. The minimum Gasteiger partial charge on any atom is -0.357 e. The van der Waals surface area contributed by atoms with E-state index in [9.17, 15) is 8.42 Å². The molecule has 1 aliphatic heterocycles. The maximum absolute atomic E-state index is 13.4. The minimum atomic E-state index is -3.58. The van der Waals surface area contributed by atoms with Gasteiger partial charge in [-0.05, 0) is 37.6 Å². The molecule has 4 rings (SSSR count). The number of benzene rings is 2. The summed E-state index contributed by atoms with van der Waals surface area (Å²) in [6.07, 6.45) is 5.78. The van der Waals surface area contributed by atoms with Crippen LogP contribution in [0.15, 0.2) is 65.8 Å². The van der Waals surface area contributed by atoms with E-state index in [0.717, 1.165) is 36.4 Å². The van der Waals surface area contributed by atoms with Crippen molar-refractivity contribution in [2.45, 2.75) is 18.7 Å². The molecule has 0 bridgehead atoms. The fraction of sp³-hybridized carbons (Fsp3) is 0.360. The molecule has 0 N–H and O–H groups in total. The zero-order chi connectivity index (χ0) is 23.3. The zero-order valence-corrected chi connectivity index (χ0v) is 20.1. The zero-order valence-electron chi connectivity index (χ0n) is 19.3. The van der Waals surface area contributed by atoms with Crippen LogP contribution in [-0.2, 0) is 10.0 Å². The number of sulfonamides is 1. The Morgan fingerprint density at radius 1 is 0.970 bits per heavy atom. The Bertz CT molecular complexity index is 1200. The number of nitrogens with zero attached hydrogens (tertiary/aromatic N) is 5. The number of hydrogen-bond acceptors (Lipinski definition) is 6. The van der Waals surface area contributed by atoms with Gasteiger partial charge in [0.25, 0.3) is 0 Å². The van der Waals surface area contributed by atoms with Gasteiger partial charge in [-0.2, -0.15) is 4.31 Å². The second kappa shape index (κ2) is 10.4. The van der Waals surface area contributed by atoms with Crippen molar-refractivity contribution in [1.82, 2.24) is 19.2 Å². The van der Waals surface area contributed by atoms with Crippen molar-refractivity contribution in [1.29, 1.82) is 0 Å². The van der Waals surface area contributed by atoms with E-state index in [-0.39, 0.29) is 0 Å². The number of aromatic nitrogens is 2. The largest absolute Gasteiger partial charge is 0.357 e. The molecule has 33 heavy (non-hydrogen) atoms. The Morgan fingerprint density at radius 3 is 2.39 bits per heavy atom. The van der Waals surface area contributed by atoms with Gasteiger partial charge < -0.3 is 4.90 Å². The smallest absolute Gasteiger partial charge is 0.243 e. The number of rotatable bonds is 8.